The van der Waals surface area contributed by atoms with Crippen LogP contribution in [0.1, 0.15) is 27.2 Å². The van der Waals surface area contributed by atoms with Crippen LogP contribution in [0, 0.1) is 0 Å². The largest absolute Gasteiger partial charge is 0.450 e. The molecule has 7 heteroatoms. The lowest BCUT2D eigenvalue weighted by molar-refractivity contribution is 0.117. The van der Waals surface area contributed by atoms with Gasteiger partial charge in [-0.3, -0.25) is 5.09 Å². The second-order valence-corrected chi connectivity index (χ2v) is 9.25. The van der Waals surface area contributed by atoms with Gasteiger partial charge in [0, 0.05) is 6.61 Å². The Morgan fingerprint density at radius 2 is 2.07 bits per heavy atom. The Morgan fingerprint density at radius 3 is 2.47 bits per heavy atom. The Morgan fingerprint density at radius 1 is 1.47 bits per heavy atom. The molecule has 0 aliphatic heterocycles. The minimum absolute atomic E-state index is 0.203. The van der Waals surface area contributed by atoms with E-state index in [1.807, 2.05) is 13.8 Å². The summed E-state index contributed by atoms with van der Waals surface area (Å²) >= 11 is 9.58. The summed E-state index contributed by atoms with van der Waals surface area (Å²) in [5, 5.41) is 0.273. The molecule has 4 nitrogen and oxygen atoms in total. The second-order valence-electron chi connectivity index (χ2n) is 2.77. The fourth-order valence-electron chi connectivity index (χ4n) is 1.02. The van der Waals surface area contributed by atoms with Crippen LogP contribution in [0.3, 0.4) is 0 Å². The lowest BCUT2D eigenvalue weighted by atomic mass is 10.5. The van der Waals surface area contributed by atoms with Crippen LogP contribution < -0.4 is 5.09 Å². The van der Waals surface area contributed by atoms with Gasteiger partial charge >= 0.3 is 6.09 Å². The van der Waals surface area contributed by atoms with Gasteiger partial charge in [-0.2, -0.15) is 0 Å². The molecule has 90 valence electrons. The lowest BCUT2D eigenvalue weighted by Gasteiger charge is -2.25. The van der Waals surface area contributed by atoms with Crippen molar-refractivity contribution < 1.29 is 14.3 Å². The molecule has 0 aliphatic carbocycles. The summed E-state index contributed by atoms with van der Waals surface area (Å²) in [6.07, 6.45) is 0.204. The second kappa shape index (κ2) is 7.49. The van der Waals surface area contributed by atoms with Crippen molar-refractivity contribution in [3.8, 4) is 0 Å². The van der Waals surface area contributed by atoms with Gasteiger partial charge in [0.15, 0.2) is 0 Å². The van der Waals surface area contributed by atoms with Crippen LogP contribution >= 0.6 is 17.6 Å². The van der Waals surface area contributed by atoms with Gasteiger partial charge in [-0.25, -0.2) is 4.79 Å². The highest BCUT2D eigenvalue weighted by atomic mass is 32.9. The molecule has 0 rings (SSSR count). The standard InChI is InChI=1S/C8H18NO3PS2/c1-4-7(11-5-2)13(14,15)9-8(10)12-6-3/h7H,4-6H2,1-3H3,(H2,9,10,14,15). The molecular weight excluding hydrogens is 253 g/mol. The number of carbonyl (C=O) groups is 1. The molecular formula is C8H18NO3PS2. The molecule has 0 saturated carbocycles. The first-order chi connectivity index (χ1) is 6.97. The average Bonchev–Trinajstić information content (AvgIpc) is 2.13. The van der Waals surface area contributed by atoms with Gasteiger partial charge in [0.2, 0.25) is 0 Å². The zero-order valence-corrected chi connectivity index (χ0v) is 11.8. The van der Waals surface area contributed by atoms with Crippen molar-refractivity contribution in [2.45, 2.75) is 33.0 Å². The van der Waals surface area contributed by atoms with E-state index in [0.29, 0.717) is 13.2 Å². The fraction of sp³-hybridized carbons (Fsp3) is 0.875. The summed E-state index contributed by atoms with van der Waals surface area (Å²) in [6, 6.07) is 0. The molecule has 0 saturated heterocycles. The molecule has 1 amide bonds. The quantitative estimate of drug-likeness (QED) is 0.576. The number of thiol groups is 1. The number of nitrogens with one attached hydrogen (secondary N) is 1. The summed E-state index contributed by atoms with van der Waals surface area (Å²) in [5.41, 5.74) is 0. The van der Waals surface area contributed by atoms with Crippen molar-refractivity contribution >= 4 is 35.5 Å². The zero-order chi connectivity index (χ0) is 11.9. The fourth-order valence-corrected chi connectivity index (χ4v) is 4.13. The van der Waals surface area contributed by atoms with Crippen molar-refractivity contribution in [3.63, 3.8) is 0 Å². The maximum atomic E-state index is 11.2. The van der Waals surface area contributed by atoms with Gasteiger partial charge in [0.1, 0.15) is 11.2 Å². The van der Waals surface area contributed by atoms with Crippen LogP contribution in [-0.4, -0.2) is 25.2 Å². The number of rotatable bonds is 6. The van der Waals surface area contributed by atoms with Crippen molar-refractivity contribution in [1.82, 2.24) is 5.09 Å². The highest BCUT2D eigenvalue weighted by Gasteiger charge is 2.26. The van der Waals surface area contributed by atoms with E-state index in [2.05, 4.69) is 17.3 Å². The van der Waals surface area contributed by atoms with Crippen molar-refractivity contribution in [2.24, 2.45) is 0 Å². The maximum absolute atomic E-state index is 11.2. The van der Waals surface area contributed by atoms with E-state index in [1.165, 1.54) is 0 Å². The minimum Gasteiger partial charge on any atom is -0.450 e. The third-order valence-electron chi connectivity index (χ3n) is 1.63. The van der Waals surface area contributed by atoms with Crippen LogP contribution in [0.4, 0.5) is 4.79 Å². The molecule has 15 heavy (non-hydrogen) atoms. The lowest BCUT2D eigenvalue weighted by Crippen LogP contribution is -2.26. The summed E-state index contributed by atoms with van der Waals surface area (Å²) in [4.78, 5) is 11.2. The van der Waals surface area contributed by atoms with Crippen LogP contribution in [0.2, 0.25) is 0 Å². The normalized spacial score (nSPS) is 16.5. The Hall–Kier alpha value is 0.230. The molecule has 1 N–H and O–H groups in total. The van der Waals surface area contributed by atoms with E-state index in [9.17, 15) is 4.79 Å². The Kier molecular flexibility index (Phi) is 7.61. The Labute approximate surface area is 101 Å². The SMILES string of the molecule is CCOC(=O)NP(=S)(S)C(CC)OCC. The van der Waals surface area contributed by atoms with Crippen molar-refractivity contribution in [3.05, 3.63) is 0 Å². The summed E-state index contributed by atoms with van der Waals surface area (Å²) in [7, 11) is 0. The highest BCUT2D eigenvalue weighted by Crippen LogP contribution is 2.53. The van der Waals surface area contributed by atoms with Gasteiger partial charge in [-0.15, -0.1) is 12.2 Å². The highest BCUT2D eigenvalue weighted by molar-refractivity contribution is 8.63. The number of amides is 1. The molecule has 0 bridgehead atoms. The first-order valence-corrected chi connectivity index (χ1v) is 8.89. The smallest absolute Gasteiger partial charge is 0.411 e. The van der Waals surface area contributed by atoms with E-state index in [1.54, 1.807) is 6.92 Å². The monoisotopic (exact) mass is 271 g/mol. The summed E-state index contributed by atoms with van der Waals surface area (Å²) in [5.74, 6) is -0.203. The van der Waals surface area contributed by atoms with Crippen LogP contribution in [0.25, 0.3) is 0 Å². The molecule has 0 fully saturated rings. The van der Waals surface area contributed by atoms with Gasteiger partial charge in [-0.05, 0) is 20.3 Å². The van der Waals surface area contributed by atoms with E-state index in [0.717, 1.165) is 6.42 Å². The third kappa shape index (κ3) is 5.76. The molecule has 0 heterocycles. The molecule has 0 radical (unpaired) electrons. The number of hydrogen-bond acceptors (Lipinski definition) is 4. The molecule has 0 aromatic heterocycles. The molecule has 2 atom stereocenters. The molecule has 0 aromatic carbocycles. The summed E-state index contributed by atoms with van der Waals surface area (Å²) < 4.78 is 10.2. The minimum atomic E-state index is -2.32. The predicted molar refractivity (Wildman–Crippen MR) is 69.1 cm³/mol. The van der Waals surface area contributed by atoms with E-state index in [4.69, 9.17) is 21.3 Å². The zero-order valence-electron chi connectivity index (χ0n) is 9.23. The Balaban J connectivity index is 4.36. The topological polar surface area (TPSA) is 47.6 Å². The third-order valence-corrected chi connectivity index (χ3v) is 5.48. The van der Waals surface area contributed by atoms with Crippen molar-refractivity contribution in [2.75, 3.05) is 13.2 Å². The first-order valence-electron chi connectivity index (χ1n) is 4.87. The van der Waals surface area contributed by atoms with E-state index in [-0.39, 0.29) is 5.85 Å². The number of hydrogen-bond donors (Lipinski definition) is 2. The molecule has 2 unspecified atom stereocenters. The maximum Gasteiger partial charge on any atom is 0.411 e. The van der Waals surface area contributed by atoms with Gasteiger partial charge in [0.25, 0.3) is 0 Å². The van der Waals surface area contributed by atoms with E-state index >= 15 is 0 Å². The Bertz CT molecular complexity index is 250. The van der Waals surface area contributed by atoms with Crippen LogP contribution in [-0.2, 0) is 21.3 Å². The molecule has 0 spiro atoms. The van der Waals surface area contributed by atoms with Gasteiger partial charge in [-0.1, -0.05) is 18.7 Å². The number of ether oxygens (including phenoxy) is 2. The average molecular weight is 271 g/mol. The molecule has 0 aliphatic rings. The predicted octanol–water partition coefficient (Wildman–Crippen LogP) is 2.74. The summed E-state index contributed by atoms with van der Waals surface area (Å²) in [6.45, 7) is 6.45. The van der Waals surface area contributed by atoms with Gasteiger partial charge in [0.05, 0.1) is 6.61 Å². The first kappa shape index (κ1) is 15.2. The van der Waals surface area contributed by atoms with Crippen molar-refractivity contribution in [1.29, 1.82) is 0 Å². The van der Waals surface area contributed by atoms with Crippen LogP contribution in [0.5, 0.6) is 0 Å². The number of carbonyl (C=O) groups excluding carboxylic acids is 1. The van der Waals surface area contributed by atoms with Crippen LogP contribution in [0.15, 0.2) is 0 Å². The van der Waals surface area contributed by atoms with Gasteiger partial charge < -0.3 is 9.47 Å². The molecule has 0 aromatic rings. The van der Waals surface area contributed by atoms with E-state index < -0.39 is 11.5 Å².